The number of imide groups is 1. The van der Waals surface area contributed by atoms with Crippen LogP contribution in [-0.4, -0.2) is 34.2 Å². The van der Waals surface area contributed by atoms with Crippen molar-refractivity contribution in [3.63, 3.8) is 0 Å². The lowest BCUT2D eigenvalue weighted by Gasteiger charge is -2.15. The van der Waals surface area contributed by atoms with E-state index in [1.807, 2.05) is 26.0 Å². The first-order valence-corrected chi connectivity index (χ1v) is 7.16. The zero-order valence-electron chi connectivity index (χ0n) is 12.8. The molecule has 0 radical (unpaired) electrons. The van der Waals surface area contributed by atoms with E-state index in [2.05, 4.69) is 10.3 Å². The molecule has 1 aliphatic heterocycles. The number of benzene rings is 1. The number of carbonyl (C=O) groups is 3. The lowest BCUT2D eigenvalue weighted by molar-refractivity contribution is -0.116. The maximum atomic E-state index is 12.2. The molecule has 2 heterocycles. The van der Waals surface area contributed by atoms with Crippen LogP contribution in [0.5, 0.6) is 0 Å². The molecular formula is C17H15N3O3. The lowest BCUT2D eigenvalue weighted by Crippen LogP contribution is -2.37. The number of pyridine rings is 1. The zero-order chi connectivity index (χ0) is 16.6. The van der Waals surface area contributed by atoms with Crippen molar-refractivity contribution in [3.05, 3.63) is 58.9 Å². The van der Waals surface area contributed by atoms with Crippen molar-refractivity contribution in [1.29, 1.82) is 0 Å². The van der Waals surface area contributed by atoms with Crippen molar-refractivity contribution in [3.8, 4) is 0 Å². The number of hydrogen-bond acceptors (Lipinski definition) is 4. The van der Waals surface area contributed by atoms with E-state index in [-0.39, 0.29) is 17.8 Å². The Kier molecular flexibility index (Phi) is 3.65. The van der Waals surface area contributed by atoms with E-state index in [0.717, 1.165) is 16.0 Å². The number of fused-ring (bicyclic) bond motifs is 1. The molecular weight excluding hydrogens is 294 g/mol. The maximum Gasteiger partial charge on any atom is 0.280 e. The lowest BCUT2D eigenvalue weighted by atomic mass is 10.1. The summed E-state index contributed by atoms with van der Waals surface area (Å²) in [7, 11) is 0. The Hall–Kier alpha value is -3.02. The van der Waals surface area contributed by atoms with E-state index >= 15 is 0 Å². The van der Waals surface area contributed by atoms with Gasteiger partial charge in [0.2, 0.25) is 5.91 Å². The molecule has 0 unspecified atom stereocenters. The topological polar surface area (TPSA) is 79.4 Å². The van der Waals surface area contributed by atoms with Crippen LogP contribution < -0.4 is 5.32 Å². The molecule has 2 aromatic rings. The molecule has 0 fully saturated rings. The monoisotopic (exact) mass is 309 g/mol. The Balaban J connectivity index is 1.76. The molecule has 1 N–H and O–H groups in total. The summed E-state index contributed by atoms with van der Waals surface area (Å²) in [5, 5.41) is 2.74. The van der Waals surface area contributed by atoms with Gasteiger partial charge in [0.15, 0.2) is 0 Å². The highest BCUT2D eigenvalue weighted by molar-refractivity contribution is 6.21. The Morgan fingerprint density at radius 2 is 1.91 bits per heavy atom. The number of nitrogens with one attached hydrogen (secondary N) is 1. The third kappa shape index (κ3) is 2.59. The fourth-order valence-corrected chi connectivity index (χ4v) is 2.48. The smallest absolute Gasteiger partial charge is 0.280 e. The van der Waals surface area contributed by atoms with Crippen LogP contribution in [0.25, 0.3) is 0 Å². The molecule has 1 aromatic carbocycles. The van der Waals surface area contributed by atoms with Gasteiger partial charge in [-0.2, -0.15) is 0 Å². The molecule has 3 rings (SSSR count). The number of anilines is 1. The predicted molar refractivity (Wildman–Crippen MR) is 84.1 cm³/mol. The summed E-state index contributed by atoms with van der Waals surface area (Å²) in [6.07, 6.45) is 1.45. The van der Waals surface area contributed by atoms with Gasteiger partial charge in [-0.25, -0.2) is 0 Å². The minimum atomic E-state index is -0.540. The van der Waals surface area contributed by atoms with Crippen LogP contribution in [0.15, 0.2) is 36.5 Å². The fourth-order valence-electron chi connectivity index (χ4n) is 2.48. The summed E-state index contributed by atoms with van der Waals surface area (Å²) < 4.78 is 0. The largest absolute Gasteiger partial charge is 0.324 e. The van der Waals surface area contributed by atoms with Crippen LogP contribution in [0.3, 0.4) is 0 Å². The average molecular weight is 309 g/mol. The quantitative estimate of drug-likeness (QED) is 0.879. The van der Waals surface area contributed by atoms with E-state index in [1.165, 1.54) is 12.3 Å². The molecule has 116 valence electrons. The van der Waals surface area contributed by atoms with E-state index in [0.29, 0.717) is 5.69 Å². The number of amides is 3. The van der Waals surface area contributed by atoms with E-state index in [9.17, 15) is 14.4 Å². The van der Waals surface area contributed by atoms with Gasteiger partial charge in [0, 0.05) is 11.9 Å². The van der Waals surface area contributed by atoms with Crippen molar-refractivity contribution >= 4 is 23.4 Å². The van der Waals surface area contributed by atoms with Crippen LogP contribution in [0.2, 0.25) is 0 Å². The predicted octanol–water partition coefficient (Wildman–Crippen LogP) is 1.93. The van der Waals surface area contributed by atoms with E-state index in [4.69, 9.17) is 0 Å². The fraction of sp³-hybridized carbons (Fsp3) is 0.176. The molecule has 0 saturated carbocycles. The van der Waals surface area contributed by atoms with Crippen molar-refractivity contribution in [2.45, 2.75) is 13.8 Å². The number of nitrogens with zero attached hydrogens (tertiary/aromatic N) is 2. The van der Waals surface area contributed by atoms with Crippen LogP contribution in [0.1, 0.15) is 32.0 Å². The second kappa shape index (κ2) is 5.64. The average Bonchev–Trinajstić information content (AvgIpc) is 2.77. The molecule has 0 aliphatic carbocycles. The highest BCUT2D eigenvalue weighted by Crippen LogP contribution is 2.21. The van der Waals surface area contributed by atoms with Crippen molar-refractivity contribution in [2.24, 2.45) is 0 Å². The third-order valence-corrected chi connectivity index (χ3v) is 3.91. The van der Waals surface area contributed by atoms with Gasteiger partial charge in [0.1, 0.15) is 12.2 Å². The molecule has 23 heavy (non-hydrogen) atoms. The number of aryl methyl sites for hydroxylation is 1. The summed E-state index contributed by atoms with van der Waals surface area (Å²) in [4.78, 5) is 41.4. The summed E-state index contributed by atoms with van der Waals surface area (Å²) in [6, 6.07) is 8.68. The second-order valence-electron chi connectivity index (χ2n) is 5.39. The first-order valence-electron chi connectivity index (χ1n) is 7.16. The SMILES string of the molecule is Cc1cccc(NC(=O)CN2C(=O)c3cccnc3C2=O)c1C. The van der Waals surface area contributed by atoms with Crippen LogP contribution in [-0.2, 0) is 4.79 Å². The summed E-state index contributed by atoms with van der Waals surface area (Å²) in [6.45, 7) is 3.51. The number of carbonyl (C=O) groups excluding carboxylic acids is 3. The highest BCUT2D eigenvalue weighted by Gasteiger charge is 2.37. The van der Waals surface area contributed by atoms with Gasteiger partial charge < -0.3 is 5.32 Å². The number of hydrogen-bond donors (Lipinski definition) is 1. The molecule has 0 atom stereocenters. The Morgan fingerprint density at radius 1 is 1.13 bits per heavy atom. The second-order valence-corrected chi connectivity index (χ2v) is 5.39. The summed E-state index contributed by atoms with van der Waals surface area (Å²) in [5.41, 5.74) is 3.00. The number of aromatic nitrogens is 1. The minimum absolute atomic E-state index is 0.0945. The molecule has 3 amide bonds. The Labute approximate surface area is 133 Å². The van der Waals surface area contributed by atoms with E-state index in [1.54, 1.807) is 12.1 Å². The zero-order valence-corrected chi connectivity index (χ0v) is 12.8. The molecule has 0 saturated heterocycles. The van der Waals surface area contributed by atoms with Gasteiger partial charge in [-0.3, -0.25) is 24.3 Å². The Bertz CT molecular complexity index is 795. The van der Waals surface area contributed by atoms with Gasteiger partial charge in [-0.05, 0) is 43.2 Å². The first kappa shape index (κ1) is 14.9. The molecule has 6 nitrogen and oxygen atoms in total. The van der Waals surface area contributed by atoms with Gasteiger partial charge >= 0.3 is 0 Å². The first-order chi connectivity index (χ1) is 11.0. The van der Waals surface area contributed by atoms with Crippen LogP contribution >= 0.6 is 0 Å². The molecule has 0 bridgehead atoms. The molecule has 1 aliphatic rings. The summed E-state index contributed by atoms with van der Waals surface area (Å²) in [5.74, 6) is -1.45. The Morgan fingerprint density at radius 3 is 2.65 bits per heavy atom. The highest BCUT2D eigenvalue weighted by atomic mass is 16.2. The van der Waals surface area contributed by atoms with Crippen molar-refractivity contribution in [1.82, 2.24) is 9.88 Å². The normalized spacial score (nSPS) is 13.2. The number of rotatable bonds is 3. The third-order valence-electron chi connectivity index (χ3n) is 3.91. The van der Waals surface area contributed by atoms with E-state index < -0.39 is 17.7 Å². The molecule has 6 heteroatoms. The molecule has 0 spiro atoms. The van der Waals surface area contributed by atoms with Crippen molar-refractivity contribution in [2.75, 3.05) is 11.9 Å². The summed E-state index contributed by atoms with van der Waals surface area (Å²) >= 11 is 0. The molecule has 1 aromatic heterocycles. The van der Waals surface area contributed by atoms with Gasteiger partial charge in [-0.15, -0.1) is 0 Å². The van der Waals surface area contributed by atoms with Gasteiger partial charge in [-0.1, -0.05) is 12.1 Å². The minimum Gasteiger partial charge on any atom is -0.324 e. The maximum absolute atomic E-state index is 12.2. The van der Waals surface area contributed by atoms with Crippen LogP contribution in [0.4, 0.5) is 5.69 Å². The van der Waals surface area contributed by atoms with Crippen LogP contribution in [0, 0.1) is 13.8 Å². The van der Waals surface area contributed by atoms with Gasteiger partial charge in [0.25, 0.3) is 11.8 Å². The van der Waals surface area contributed by atoms with Crippen molar-refractivity contribution < 1.29 is 14.4 Å². The standard InChI is InChI=1S/C17H15N3O3/c1-10-5-3-7-13(11(10)2)19-14(21)9-20-16(22)12-6-4-8-18-15(12)17(20)23/h3-8H,9H2,1-2H3,(H,19,21). The van der Waals surface area contributed by atoms with Gasteiger partial charge in [0.05, 0.1) is 5.56 Å².